The molecule has 0 radical (unpaired) electrons. The van der Waals surface area contributed by atoms with E-state index in [0.29, 0.717) is 29.0 Å². The summed E-state index contributed by atoms with van der Waals surface area (Å²) in [5.41, 5.74) is 8.04. The molecule has 0 saturated carbocycles. The number of ether oxygens (including phenoxy) is 1. The largest absolute Gasteiger partial charge is 0.480 e. The Morgan fingerprint density at radius 3 is 2.62 bits per heavy atom. The molecule has 0 aliphatic carbocycles. The lowest BCUT2D eigenvalue weighted by Crippen LogP contribution is -2.25. The number of nitrogen functional groups attached to an aromatic ring is 1. The Labute approximate surface area is 150 Å². The lowest BCUT2D eigenvalue weighted by atomic mass is 10.1. The molecule has 0 fully saturated rings. The zero-order valence-electron chi connectivity index (χ0n) is 14.7. The van der Waals surface area contributed by atoms with Gasteiger partial charge < -0.3 is 10.5 Å². The van der Waals surface area contributed by atoms with Gasteiger partial charge in [0.1, 0.15) is 17.3 Å². The summed E-state index contributed by atoms with van der Waals surface area (Å²) >= 11 is 0. The zero-order valence-corrected chi connectivity index (χ0v) is 14.7. The van der Waals surface area contributed by atoms with E-state index in [1.165, 1.54) is 19.4 Å². The molecule has 7 nitrogen and oxygen atoms in total. The summed E-state index contributed by atoms with van der Waals surface area (Å²) in [7, 11) is 1.54. The molecule has 0 unspecified atom stereocenters. The van der Waals surface area contributed by atoms with Crippen LogP contribution < -0.4 is 15.4 Å². The van der Waals surface area contributed by atoms with Crippen LogP contribution in [0.25, 0.3) is 0 Å². The predicted octanol–water partition coefficient (Wildman–Crippen LogP) is 3.20. The first-order valence-electron chi connectivity index (χ1n) is 8.00. The number of hydrogen-bond acceptors (Lipinski definition) is 7. The number of halogens is 1. The topological polar surface area (TPSA) is 90.0 Å². The van der Waals surface area contributed by atoms with Crippen molar-refractivity contribution in [3.05, 3.63) is 59.9 Å². The lowest BCUT2D eigenvalue weighted by molar-refractivity contribution is 0.397. The second kappa shape index (κ2) is 7.30. The van der Waals surface area contributed by atoms with E-state index in [1.54, 1.807) is 24.5 Å². The normalized spacial score (nSPS) is 11.8. The molecule has 3 aromatic rings. The third-order valence-corrected chi connectivity index (χ3v) is 3.98. The van der Waals surface area contributed by atoms with Gasteiger partial charge in [-0.2, -0.15) is 4.98 Å². The standard InChI is InChI=1S/C18H19FN6O/c1-11-9-23-18(24-16(11)20)25(15-5-4-8-21-17(15)26-3)12(2)14-7-6-13(19)10-22-14/h4-10,12H,1-3H3,(H2,20,23,24)/t12-/m0/s1. The first-order chi connectivity index (χ1) is 12.5. The van der Waals surface area contributed by atoms with Crippen molar-refractivity contribution in [1.82, 2.24) is 19.9 Å². The highest BCUT2D eigenvalue weighted by molar-refractivity contribution is 5.65. The smallest absolute Gasteiger partial charge is 0.237 e. The molecule has 0 aromatic carbocycles. The average molecular weight is 354 g/mol. The Balaban J connectivity index is 2.14. The number of rotatable bonds is 5. The first kappa shape index (κ1) is 17.5. The van der Waals surface area contributed by atoms with Crippen LogP contribution in [0.4, 0.5) is 21.8 Å². The molecule has 0 aliphatic heterocycles. The zero-order chi connectivity index (χ0) is 18.7. The monoisotopic (exact) mass is 354 g/mol. The summed E-state index contributed by atoms with van der Waals surface area (Å²) in [5, 5.41) is 0. The lowest BCUT2D eigenvalue weighted by Gasteiger charge is -2.29. The minimum atomic E-state index is -0.401. The van der Waals surface area contributed by atoms with Crippen LogP contribution in [0.2, 0.25) is 0 Å². The van der Waals surface area contributed by atoms with E-state index in [4.69, 9.17) is 10.5 Å². The number of nitrogens with zero attached hydrogens (tertiary/aromatic N) is 5. The van der Waals surface area contributed by atoms with E-state index in [2.05, 4.69) is 19.9 Å². The Bertz CT molecular complexity index is 902. The molecular weight excluding hydrogens is 335 g/mol. The van der Waals surface area contributed by atoms with Crippen molar-refractivity contribution in [1.29, 1.82) is 0 Å². The molecule has 134 valence electrons. The number of aromatic nitrogens is 4. The van der Waals surface area contributed by atoms with Gasteiger partial charge in [0.2, 0.25) is 11.8 Å². The molecule has 1 atom stereocenters. The van der Waals surface area contributed by atoms with Crippen LogP contribution in [0.3, 0.4) is 0 Å². The number of pyridine rings is 2. The second-order valence-electron chi connectivity index (χ2n) is 5.72. The molecule has 8 heteroatoms. The van der Waals surface area contributed by atoms with Crippen molar-refractivity contribution < 1.29 is 9.13 Å². The maximum Gasteiger partial charge on any atom is 0.237 e. The number of aryl methyl sites for hydroxylation is 1. The number of methoxy groups -OCH3 is 1. The first-order valence-corrected chi connectivity index (χ1v) is 8.00. The fourth-order valence-electron chi connectivity index (χ4n) is 2.54. The summed E-state index contributed by atoms with van der Waals surface area (Å²) in [6.07, 6.45) is 4.46. The van der Waals surface area contributed by atoms with Crippen molar-refractivity contribution in [3.63, 3.8) is 0 Å². The number of anilines is 3. The molecule has 3 aromatic heterocycles. The minimum Gasteiger partial charge on any atom is -0.480 e. The van der Waals surface area contributed by atoms with Gasteiger partial charge >= 0.3 is 0 Å². The van der Waals surface area contributed by atoms with Gasteiger partial charge in [-0.25, -0.2) is 14.4 Å². The van der Waals surface area contributed by atoms with E-state index < -0.39 is 5.82 Å². The van der Waals surface area contributed by atoms with Gasteiger partial charge in [0, 0.05) is 18.0 Å². The number of hydrogen-bond donors (Lipinski definition) is 1. The van der Waals surface area contributed by atoms with Crippen LogP contribution in [0.1, 0.15) is 24.2 Å². The summed E-state index contributed by atoms with van der Waals surface area (Å²) in [6.45, 7) is 3.74. The predicted molar refractivity (Wildman–Crippen MR) is 96.7 cm³/mol. The third-order valence-electron chi connectivity index (χ3n) is 3.98. The minimum absolute atomic E-state index is 0.323. The van der Waals surface area contributed by atoms with Crippen molar-refractivity contribution in [2.45, 2.75) is 19.9 Å². The SMILES string of the molecule is COc1ncccc1N(c1ncc(C)c(N)n1)[C@@H](C)c1ccc(F)cn1. The van der Waals surface area contributed by atoms with Gasteiger partial charge in [0.05, 0.1) is 25.0 Å². The highest BCUT2D eigenvalue weighted by atomic mass is 19.1. The van der Waals surface area contributed by atoms with Crippen LogP contribution >= 0.6 is 0 Å². The Kier molecular flexibility index (Phi) is 4.92. The van der Waals surface area contributed by atoms with E-state index in [9.17, 15) is 4.39 Å². The molecule has 0 aliphatic rings. The second-order valence-corrected chi connectivity index (χ2v) is 5.72. The van der Waals surface area contributed by atoms with Crippen molar-refractivity contribution in [2.24, 2.45) is 0 Å². The highest BCUT2D eigenvalue weighted by Crippen LogP contribution is 2.37. The van der Waals surface area contributed by atoms with E-state index >= 15 is 0 Å². The van der Waals surface area contributed by atoms with Crippen LogP contribution in [-0.4, -0.2) is 27.0 Å². The van der Waals surface area contributed by atoms with Gasteiger partial charge in [0.15, 0.2) is 0 Å². The van der Waals surface area contributed by atoms with E-state index in [-0.39, 0.29) is 6.04 Å². The summed E-state index contributed by atoms with van der Waals surface area (Å²) in [4.78, 5) is 19.0. The molecule has 2 N–H and O–H groups in total. The molecule has 0 saturated heterocycles. The Morgan fingerprint density at radius 2 is 1.96 bits per heavy atom. The Hall–Kier alpha value is -3.29. The van der Waals surface area contributed by atoms with Gasteiger partial charge in [-0.1, -0.05) is 0 Å². The van der Waals surface area contributed by atoms with Crippen molar-refractivity contribution in [2.75, 3.05) is 17.7 Å². The number of nitrogens with two attached hydrogens (primary N) is 1. The molecule has 0 spiro atoms. The van der Waals surface area contributed by atoms with Crippen molar-refractivity contribution in [3.8, 4) is 5.88 Å². The van der Waals surface area contributed by atoms with Gasteiger partial charge in [-0.15, -0.1) is 0 Å². The molecule has 3 heterocycles. The Morgan fingerprint density at radius 1 is 1.15 bits per heavy atom. The molecule has 3 rings (SSSR count). The van der Waals surface area contributed by atoms with Crippen LogP contribution in [-0.2, 0) is 0 Å². The van der Waals surface area contributed by atoms with Gasteiger partial charge in [0.25, 0.3) is 0 Å². The third kappa shape index (κ3) is 3.39. The molecular formula is C18H19FN6O. The molecule has 0 bridgehead atoms. The van der Waals surface area contributed by atoms with Crippen LogP contribution in [0.15, 0.2) is 42.9 Å². The van der Waals surface area contributed by atoms with E-state index in [0.717, 1.165) is 5.56 Å². The van der Waals surface area contributed by atoms with Gasteiger partial charge in [-0.05, 0) is 38.1 Å². The summed E-state index contributed by atoms with van der Waals surface area (Å²) in [6, 6.07) is 6.28. The molecule has 26 heavy (non-hydrogen) atoms. The molecule has 0 amide bonds. The fraction of sp³-hybridized carbons (Fsp3) is 0.222. The van der Waals surface area contributed by atoms with Crippen molar-refractivity contribution >= 4 is 17.5 Å². The summed E-state index contributed by atoms with van der Waals surface area (Å²) < 4.78 is 18.7. The summed E-state index contributed by atoms with van der Waals surface area (Å²) in [5.74, 6) is 0.756. The van der Waals surface area contributed by atoms with Crippen LogP contribution in [0.5, 0.6) is 5.88 Å². The highest BCUT2D eigenvalue weighted by Gasteiger charge is 2.25. The van der Waals surface area contributed by atoms with E-state index in [1.807, 2.05) is 24.8 Å². The van der Waals surface area contributed by atoms with Gasteiger partial charge in [-0.3, -0.25) is 9.88 Å². The quantitative estimate of drug-likeness (QED) is 0.752. The maximum absolute atomic E-state index is 13.3. The average Bonchev–Trinajstić information content (AvgIpc) is 2.65. The van der Waals surface area contributed by atoms with Crippen LogP contribution in [0, 0.1) is 12.7 Å². The fourth-order valence-corrected chi connectivity index (χ4v) is 2.54. The maximum atomic E-state index is 13.3.